The summed E-state index contributed by atoms with van der Waals surface area (Å²) in [5.41, 5.74) is 3.86. The molecule has 2 rings (SSSR count). The van der Waals surface area contributed by atoms with Crippen molar-refractivity contribution < 1.29 is 0 Å². The number of halogens is 3. The van der Waals surface area contributed by atoms with Gasteiger partial charge in [0.15, 0.2) is 5.96 Å². The van der Waals surface area contributed by atoms with Crippen molar-refractivity contribution in [2.45, 2.75) is 33.4 Å². The Bertz CT molecular complexity index is 690. The van der Waals surface area contributed by atoms with Crippen LogP contribution in [0.15, 0.2) is 28.7 Å². The van der Waals surface area contributed by atoms with Crippen LogP contribution in [0, 0.1) is 6.92 Å². The number of aliphatic imine (C=N–C) groups is 1. The zero-order valence-electron chi connectivity index (χ0n) is 13.8. The molecule has 1 heterocycles. The number of aryl methyl sites for hydroxylation is 1. The van der Waals surface area contributed by atoms with Gasteiger partial charge in [-0.1, -0.05) is 29.3 Å². The van der Waals surface area contributed by atoms with Gasteiger partial charge in [-0.25, -0.2) is 9.98 Å². The largest absolute Gasteiger partial charge is 0.357 e. The fourth-order valence-corrected chi connectivity index (χ4v) is 3.36. The van der Waals surface area contributed by atoms with Gasteiger partial charge in [0.1, 0.15) is 0 Å². The maximum Gasteiger partial charge on any atom is 0.192 e. The minimum Gasteiger partial charge on any atom is -0.357 e. The third-order valence-electron chi connectivity index (χ3n) is 3.35. The first-order valence-corrected chi connectivity index (χ1v) is 9.03. The van der Waals surface area contributed by atoms with Crippen LogP contribution in [0.1, 0.15) is 36.0 Å². The molecule has 2 N–H and O–H groups in total. The van der Waals surface area contributed by atoms with E-state index in [1.807, 2.05) is 38.4 Å². The highest BCUT2D eigenvalue weighted by atomic mass is 127. The van der Waals surface area contributed by atoms with Crippen LogP contribution in [-0.2, 0) is 6.54 Å². The molecule has 4 nitrogen and oxygen atoms in total. The molecule has 132 valence electrons. The molecule has 0 amide bonds. The number of guanidine groups is 1. The molecule has 0 fully saturated rings. The molecular formula is C16H21Cl2IN4S. The van der Waals surface area contributed by atoms with Crippen LogP contribution in [0.2, 0.25) is 10.0 Å². The van der Waals surface area contributed by atoms with Crippen LogP contribution in [0.4, 0.5) is 0 Å². The second-order valence-electron chi connectivity index (χ2n) is 5.09. The Balaban J connectivity index is 0.00000288. The lowest BCUT2D eigenvalue weighted by Crippen LogP contribution is -2.38. The smallest absolute Gasteiger partial charge is 0.192 e. The van der Waals surface area contributed by atoms with Crippen LogP contribution in [0.3, 0.4) is 0 Å². The van der Waals surface area contributed by atoms with Crippen LogP contribution >= 0.6 is 58.5 Å². The Kier molecular flexibility index (Phi) is 9.33. The lowest BCUT2D eigenvalue weighted by molar-refractivity contribution is 0.687. The molecule has 0 bridgehead atoms. The zero-order chi connectivity index (χ0) is 16.8. The molecule has 1 unspecified atom stereocenters. The number of aromatic nitrogens is 1. The minimum atomic E-state index is 0. The van der Waals surface area contributed by atoms with Crippen molar-refractivity contribution in [2.24, 2.45) is 4.99 Å². The van der Waals surface area contributed by atoms with Gasteiger partial charge in [-0.15, -0.1) is 35.3 Å². The summed E-state index contributed by atoms with van der Waals surface area (Å²) in [6, 6.07) is 5.53. The zero-order valence-corrected chi connectivity index (χ0v) is 18.4. The maximum absolute atomic E-state index is 6.27. The van der Waals surface area contributed by atoms with Gasteiger partial charge in [-0.2, -0.15) is 0 Å². The molecule has 1 atom stereocenters. The highest BCUT2D eigenvalue weighted by molar-refractivity contribution is 14.0. The summed E-state index contributed by atoms with van der Waals surface area (Å²) in [5.74, 6) is 0.749. The van der Waals surface area contributed by atoms with Crippen molar-refractivity contribution in [3.8, 4) is 0 Å². The van der Waals surface area contributed by atoms with Crippen molar-refractivity contribution in [2.75, 3.05) is 6.54 Å². The molecule has 8 heteroatoms. The monoisotopic (exact) mass is 498 g/mol. The van der Waals surface area contributed by atoms with Crippen LogP contribution in [0.5, 0.6) is 0 Å². The molecule has 0 aliphatic rings. The number of hydrogen-bond donors (Lipinski definition) is 2. The van der Waals surface area contributed by atoms with Gasteiger partial charge in [0.05, 0.1) is 23.8 Å². The second-order valence-corrected chi connectivity index (χ2v) is 6.87. The maximum atomic E-state index is 6.27. The van der Waals surface area contributed by atoms with E-state index in [4.69, 9.17) is 23.2 Å². The highest BCUT2D eigenvalue weighted by Crippen LogP contribution is 2.26. The lowest BCUT2D eigenvalue weighted by atomic mass is 10.1. The summed E-state index contributed by atoms with van der Waals surface area (Å²) in [5, 5.41) is 7.90. The fourth-order valence-electron chi connectivity index (χ4n) is 2.08. The minimum absolute atomic E-state index is 0. The summed E-state index contributed by atoms with van der Waals surface area (Å²) in [6.45, 7) is 7.47. The van der Waals surface area contributed by atoms with E-state index in [0.717, 1.165) is 23.8 Å². The predicted molar refractivity (Wildman–Crippen MR) is 115 cm³/mol. The van der Waals surface area contributed by atoms with E-state index in [0.29, 0.717) is 16.6 Å². The quantitative estimate of drug-likeness (QED) is 0.338. The molecule has 2 aromatic rings. The van der Waals surface area contributed by atoms with Gasteiger partial charge in [-0.05, 0) is 38.5 Å². The summed E-state index contributed by atoms with van der Waals surface area (Å²) in [4.78, 5) is 10.0. The first kappa shape index (κ1) is 21.5. The van der Waals surface area contributed by atoms with E-state index in [-0.39, 0.29) is 30.0 Å². The average molecular weight is 499 g/mol. The fraction of sp³-hybridized carbons (Fsp3) is 0.375. The number of nitrogens with one attached hydrogen (secondary N) is 2. The van der Waals surface area contributed by atoms with Crippen LogP contribution in [-0.4, -0.2) is 17.5 Å². The molecule has 0 aliphatic heterocycles. The van der Waals surface area contributed by atoms with Crippen LogP contribution < -0.4 is 10.6 Å². The van der Waals surface area contributed by atoms with Gasteiger partial charge in [0.2, 0.25) is 0 Å². The Labute approximate surface area is 174 Å². The molecule has 0 saturated heterocycles. The van der Waals surface area contributed by atoms with Crippen molar-refractivity contribution in [1.29, 1.82) is 0 Å². The Morgan fingerprint density at radius 3 is 2.71 bits per heavy atom. The Morgan fingerprint density at radius 1 is 1.38 bits per heavy atom. The third-order valence-corrected chi connectivity index (χ3v) is 4.83. The second kappa shape index (κ2) is 10.4. The van der Waals surface area contributed by atoms with E-state index < -0.39 is 0 Å². The number of thiazole rings is 1. The SMILES string of the molecule is CCNC(=NCc1scnc1C)NC(C)c1ccc(Cl)cc1Cl.I. The van der Waals surface area contributed by atoms with E-state index in [1.54, 1.807) is 17.4 Å². The summed E-state index contributed by atoms with van der Waals surface area (Å²) in [6.07, 6.45) is 0. The van der Waals surface area contributed by atoms with E-state index >= 15 is 0 Å². The Morgan fingerprint density at radius 2 is 2.12 bits per heavy atom. The number of nitrogens with zero attached hydrogens (tertiary/aromatic N) is 2. The summed E-state index contributed by atoms with van der Waals surface area (Å²) in [7, 11) is 0. The van der Waals surface area contributed by atoms with Gasteiger partial charge in [0.25, 0.3) is 0 Å². The van der Waals surface area contributed by atoms with E-state index in [9.17, 15) is 0 Å². The van der Waals surface area contributed by atoms with E-state index in [1.165, 1.54) is 4.88 Å². The van der Waals surface area contributed by atoms with Gasteiger partial charge in [0, 0.05) is 21.5 Å². The number of hydrogen-bond acceptors (Lipinski definition) is 3. The van der Waals surface area contributed by atoms with E-state index in [2.05, 4.69) is 20.6 Å². The topological polar surface area (TPSA) is 49.3 Å². The lowest BCUT2D eigenvalue weighted by Gasteiger charge is -2.19. The molecule has 0 saturated carbocycles. The predicted octanol–water partition coefficient (Wildman–Crippen LogP) is 5.19. The molecule has 0 aliphatic carbocycles. The van der Waals surface area contributed by atoms with Gasteiger partial charge < -0.3 is 10.6 Å². The van der Waals surface area contributed by atoms with Gasteiger partial charge >= 0.3 is 0 Å². The summed E-state index contributed by atoms with van der Waals surface area (Å²) >= 11 is 13.8. The third kappa shape index (κ3) is 6.06. The summed E-state index contributed by atoms with van der Waals surface area (Å²) < 4.78 is 0. The molecule has 1 aromatic heterocycles. The molecule has 0 spiro atoms. The van der Waals surface area contributed by atoms with Crippen molar-refractivity contribution in [3.63, 3.8) is 0 Å². The highest BCUT2D eigenvalue weighted by Gasteiger charge is 2.12. The molecule has 0 radical (unpaired) electrons. The molecular weight excluding hydrogens is 478 g/mol. The van der Waals surface area contributed by atoms with Crippen molar-refractivity contribution in [3.05, 3.63) is 49.9 Å². The first-order valence-electron chi connectivity index (χ1n) is 7.40. The standard InChI is InChI=1S/C16H20Cl2N4S.HI/c1-4-19-16(20-8-15-11(3)21-9-23-15)22-10(2)13-6-5-12(17)7-14(13)18;/h5-7,9-10H,4,8H2,1-3H3,(H2,19,20,22);1H. The number of rotatable bonds is 5. The normalized spacial score (nSPS) is 12.5. The van der Waals surface area contributed by atoms with Crippen molar-refractivity contribution >= 4 is 64.5 Å². The number of benzene rings is 1. The first-order chi connectivity index (χ1) is 11.0. The van der Waals surface area contributed by atoms with Crippen LogP contribution in [0.25, 0.3) is 0 Å². The Hall–Kier alpha value is -0.570. The van der Waals surface area contributed by atoms with Crippen molar-refractivity contribution in [1.82, 2.24) is 15.6 Å². The average Bonchev–Trinajstić information content (AvgIpc) is 2.90. The molecule has 1 aromatic carbocycles. The van der Waals surface area contributed by atoms with Gasteiger partial charge in [-0.3, -0.25) is 0 Å². The molecule has 24 heavy (non-hydrogen) atoms.